The van der Waals surface area contributed by atoms with Crippen molar-refractivity contribution < 1.29 is 4.57 Å². The van der Waals surface area contributed by atoms with Gasteiger partial charge in [0.1, 0.15) is 5.69 Å². The van der Waals surface area contributed by atoms with Crippen LogP contribution in [0.25, 0.3) is 32.9 Å². The second-order valence-electron chi connectivity index (χ2n) is 7.06. The van der Waals surface area contributed by atoms with Gasteiger partial charge in [0.2, 0.25) is 0 Å². The molecular weight excluding hydrogens is 306 g/mol. The third-order valence-corrected chi connectivity index (χ3v) is 5.45. The van der Waals surface area contributed by atoms with Gasteiger partial charge in [0.15, 0.2) is 5.52 Å². The summed E-state index contributed by atoms with van der Waals surface area (Å²) in [5.74, 6) is 0. The molecule has 4 aromatic rings. The maximum atomic E-state index is 4.68. The van der Waals surface area contributed by atoms with Gasteiger partial charge in [-0.1, -0.05) is 24.3 Å². The minimum Gasteiger partial charge on any atom is -0.343 e. The molecule has 1 aliphatic rings. The summed E-state index contributed by atoms with van der Waals surface area (Å²) in [7, 11) is 4.26. The fourth-order valence-electron chi connectivity index (χ4n) is 4.25. The summed E-state index contributed by atoms with van der Waals surface area (Å²) in [6.45, 7) is 4.37. The smallest absolute Gasteiger partial charge is 0.287 e. The molecule has 0 fully saturated rings. The van der Waals surface area contributed by atoms with Gasteiger partial charge in [-0.2, -0.15) is 0 Å². The number of anilines is 2. The average Bonchev–Trinajstić information content (AvgIpc) is 2.61. The molecule has 2 heterocycles. The highest BCUT2D eigenvalue weighted by molar-refractivity contribution is 6.12. The van der Waals surface area contributed by atoms with E-state index in [2.05, 4.69) is 84.9 Å². The summed E-state index contributed by atoms with van der Waals surface area (Å²) in [5.41, 5.74) is 8.70. The predicted molar refractivity (Wildman–Crippen MR) is 103 cm³/mol. The number of rotatable bonds is 0. The maximum absolute atomic E-state index is 4.68. The topological polar surface area (TPSA) is 20.0 Å². The van der Waals surface area contributed by atoms with Crippen LogP contribution >= 0.6 is 0 Å². The number of fused-ring (bicyclic) bond motifs is 3. The molecular formula is C22H20N3+. The Hall–Kier alpha value is -2.94. The molecule has 3 heteroatoms. The lowest BCUT2D eigenvalue weighted by Gasteiger charge is -2.30. The Morgan fingerprint density at radius 3 is 2.64 bits per heavy atom. The van der Waals surface area contributed by atoms with Crippen molar-refractivity contribution in [1.29, 1.82) is 0 Å². The van der Waals surface area contributed by atoms with Gasteiger partial charge >= 0.3 is 0 Å². The second kappa shape index (κ2) is 4.79. The number of benzene rings is 3. The average molecular weight is 326 g/mol. The molecule has 0 unspecified atom stereocenters. The molecule has 0 saturated carbocycles. The van der Waals surface area contributed by atoms with E-state index in [-0.39, 0.29) is 0 Å². The first-order valence-electron chi connectivity index (χ1n) is 8.61. The van der Waals surface area contributed by atoms with Crippen LogP contribution in [0.4, 0.5) is 11.4 Å². The summed E-state index contributed by atoms with van der Waals surface area (Å²) >= 11 is 0. The van der Waals surface area contributed by atoms with Crippen molar-refractivity contribution in [3.8, 4) is 11.3 Å². The maximum Gasteiger partial charge on any atom is 0.287 e. The van der Waals surface area contributed by atoms with Crippen LogP contribution in [0, 0.1) is 13.8 Å². The van der Waals surface area contributed by atoms with Gasteiger partial charge in [-0.05, 0) is 58.9 Å². The molecule has 122 valence electrons. The Balaban J connectivity index is 2.05. The van der Waals surface area contributed by atoms with Crippen LogP contribution in [0.2, 0.25) is 0 Å². The quantitative estimate of drug-likeness (QED) is 0.441. The van der Waals surface area contributed by atoms with Crippen molar-refractivity contribution in [2.45, 2.75) is 13.8 Å². The number of nitrogens with zero attached hydrogens (tertiary/aromatic N) is 3. The van der Waals surface area contributed by atoms with Crippen LogP contribution in [0.5, 0.6) is 0 Å². The molecule has 5 rings (SSSR count). The number of aryl methyl sites for hydroxylation is 3. The van der Waals surface area contributed by atoms with Gasteiger partial charge in [-0.15, -0.1) is 0 Å². The van der Waals surface area contributed by atoms with Crippen LogP contribution in [-0.2, 0) is 7.05 Å². The molecule has 0 spiro atoms. The molecule has 0 aliphatic carbocycles. The normalized spacial score (nSPS) is 12.7. The lowest BCUT2D eigenvalue weighted by atomic mass is 9.90. The van der Waals surface area contributed by atoms with E-state index in [9.17, 15) is 0 Å². The first-order chi connectivity index (χ1) is 12.1. The van der Waals surface area contributed by atoms with Gasteiger partial charge < -0.3 is 4.90 Å². The number of aromatic nitrogens is 2. The summed E-state index contributed by atoms with van der Waals surface area (Å²) in [5, 5.41) is 3.84. The van der Waals surface area contributed by atoms with Crippen molar-refractivity contribution in [2.24, 2.45) is 7.05 Å². The van der Waals surface area contributed by atoms with Crippen LogP contribution in [0.3, 0.4) is 0 Å². The van der Waals surface area contributed by atoms with E-state index in [1.807, 2.05) is 6.33 Å². The summed E-state index contributed by atoms with van der Waals surface area (Å²) < 4.78 is 2.16. The van der Waals surface area contributed by atoms with Crippen molar-refractivity contribution in [3.05, 3.63) is 59.9 Å². The molecule has 3 nitrogen and oxygen atoms in total. The van der Waals surface area contributed by atoms with Crippen LogP contribution < -0.4 is 9.47 Å². The number of hydrogen-bond donors (Lipinski definition) is 0. The summed E-state index contributed by atoms with van der Waals surface area (Å²) in [6, 6.07) is 15.4. The van der Waals surface area contributed by atoms with Crippen molar-refractivity contribution in [3.63, 3.8) is 0 Å². The molecule has 0 atom stereocenters. The zero-order valence-electron chi connectivity index (χ0n) is 15.0. The SMILES string of the molecule is Cc1cc2c3c([n+](C)cnc3c1)-c1c(cc3ccccc3c1C)N2C. The Labute approximate surface area is 147 Å². The zero-order valence-corrected chi connectivity index (χ0v) is 15.0. The molecule has 0 amide bonds. The minimum atomic E-state index is 1.06. The number of hydrogen-bond acceptors (Lipinski definition) is 2. The standard InChI is InChI=1S/C22H20N3/c1-13-9-17-21-18(10-13)25(4)19-11-15-7-5-6-8-16(15)14(2)20(19)22(21)24(3)12-23-17/h5-12H,1-4H3/q+1. The van der Waals surface area contributed by atoms with Crippen molar-refractivity contribution in [1.82, 2.24) is 4.98 Å². The lowest BCUT2D eigenvalue weighted by Crippen LogP contribution is -2.34. The Morgan fingerprint density at radius 2 is 1.80 bits per heavy atom. The largest absolute Gasteiger partial charge is 0.343 e. The third kappa shape index (κ3) is 1.81. The molecule has 0 N–H and O–H groups in total. The highest BCUT2D eigenvalue weighted by Crippen LogP contribution is 2.48. The zero-order chi connectivity index (χ0) is 17.3. The predicted octanol–water partition coefficient (Wildman–Crippen LogP) is 4.58. The lowest BCUT2D eigenvalue weighted by molar-refractivity contribution is -0.662. The molecule has 1 aliphatic heterocycles. The van der Waals surface area contributed by atoms with Gasteiger partial charge in [0.05, 0.1) is 23.8 Å². The minimum absolute atomic E-state index is 1.06. The monoisotopic (exact) mass is 326 g/mol. The fraction of sp³-hybridized carbons (Fsp3) is 0.182. The molecule has 25 heavy (non-hydrogen) atoms. The van der Waals surface area contributed by atoms with E-state index in [1.165, 1.54) is 49.9 Å². The van der Waals surface area contributed by atoms with Gasteiger partial charge in [0.25, 0.3) is 6.33 Å². The van der Waals surface area contributed by atoms with Gasteiger partial charge in [0, 0.05) is 12.6 Å². The van der Waals surface area contributed by atoms with E-state index in [4.69, 9.17) is 0 Å². The Morgan fingerprint density at radius 1 is 1.00 bits per heavy atom. The highest BCUT2D eigenvalue weighted by atomic mass is 15.1. The Kier molecular flexibility index (Phi) is 2.76. The second-order valence-corrected chi connectivity index (χ2v) is 7.06. The fourth-order valence-corrected chi connectivity index (χ4v) is 4.25. The van der Waals surface area contributed by atoms with Gasteiger partial charge in [-0.25, -0.2) is 4.57 Å². The molecule has 1 aromatic heterocycles. The van der Waals surface area contributed by atoms with E-state index in [0.29, 0.717) is 0 Å². The Bertz CT molecular complexity index is 1190. The van der Waals surface area contributed by atoms with Crippen molar-refractivity contribution in [2.75, 3.05) is 11.9 Å². The molecule has 0 bridgehead atoms. The first-order valence-corrected chi connectivity index (χ1v) is 8.61. The van der Waals surface area contributed by atoms with E-state index >= 15 is 0 Å². The molecule has 0 radical (unpaired) electrons. The van der Waals surface area contributed by atoms with Crippen LogP contribution in [0.1, 0.15) is 11.1 Å². The molecule has 0 saturated heterocycles. The van der Waals surface area contributed by atoms with Crippen molar-refractivity contribution >= 4 is 33.1 Å². The van der Waals surface area contributed by atoms with Gasteiger partial charge in [-0.3, -0.25) is 0 Å². The summed E-state index contributed by atoms with van der Waals surface area (Å²) in [4.78, 5) is 7.00. The highest BCUT2D eigenvalue weighted by Gasteiger charge is 2.30. The first kappa shape index (κ1) is 14.4. The van der Waals surface area contributed by atoms with Crippen LogP contribution in [-0.4, -0.2) is 12.0 Å². The molecule has 3 aromatic carbocycles. The van der Waals surface area contributed by atoms with E-state index < -0.39 is 0 Å². The third-order valence-electron chi connectivity index (χ3n) is 5.45. The summed E-state index contributed by atoms with van der Waals surface area (Å²) in [6.07, 6.45) is 1.94. The van der Waals surface area contributed by atoms with E-state index in [0.717, 1.165) is 5.52 Å². The van der Waals surface area contributed by atoms with Crippen LogP contribution in [0.15, 0.2) is 48.8 Å². The van der Waals surface area contributed by atoms with E-state index in [1.54, 1.807) is 0 Å².